The number of aromatic carboxylic acids is 1. The molecule has 0 unspecified atom stereocenters. The molecule has 0 aliphatic carbocycles. The number of hydrogen-bond donors (Lipinski definition) is 1. The van der Waals surface area contributed by atoms with Gasteiger partial charge in [-0.3, -0.25) is 0 Å². The summed E-state index contributed by atoms with van der Waals surface area (Å²) in [7, 11) is -2.20. The predicted molar refractivity (Wildman–Crippen MR) is 76.4 cm³/mol. The Labute approximate surface area is 121 Å². The zero-order valence-corrected chi connectivity index (χ0v) is 12.3. The van der Waals surface area contributed by atoms with E-state index in [-0.39, 0.29) is 16.3 Å². The van der Waals surface area contributed by atoms with Gasteiger partial charge in [-0.2, -0.15) is 4.31 Å². The van der Waals surface area contributed by atoms with Gasteiger partial charge in [-0.25, -0.2) is 13.2 Å². The summed E-state index contributed by atoms with van der Waals surface area (Å²) in [6, 6.07) is 10.4. The Kier molecular flexibility index (Phi) is 4.22. The smallest absolute Gasteiger partial charge is 0.345 e. The highest BCUT2D eigenvalue weighted by Crippen LogP contribution is 2.23. The summed E-state index contributed by atoms with van der Waals surface area (Å²) in [6.07, 6.45) is 0. The van der Waals surface area contributed by atoms with E-state index >= 15 is 0 Å². The number of sulfonamides is 1. The van der Waals surface area contributed by atoms with E-state index in [2.05, 4.69) is 0 Å². The summed E-state index contributed by atoms with van der Waals surface area (Å²) in [5, 5.41) is 10.2. The number of hydrogen-bond acceptors (Lipinski definition) is 4. The minimum Gasteiger partial charge on any atom is -0.477 e. The van der Waals surface area contributed by atoms with Gasteiger partial charge in [0.1, 0.15) is 4.88 Å². The second kappa shape index (κ2) is 5.74. The van der Waals surface area contributed by atoms with Crippen LogP contribution in [0.15, 0.2) is 46.7 Å². The van der Waals surface area contributed by atoms with Crippen molar-refractivity contribution in [2.24, 2.45) is 0 Å². The molecule has 1 N–H and O–H groups in total. The monoisotopic (exact) mass is 311 g/mol. The van der Waals surface area contributed by atoms with Gasteiger partial charge in [0.2, 0.25) is 10.0 Å². The van der Waals surface area contributed by atoms with Gasteiger partial charge in [-0.15, -0.1) is 11.3 Å². The van der Waals surface area contributed by atoms with E-state index < -0.39 is 16.0 Å². The summed E-state index contributed by atoms with van der Waals surface area (Å²) >= 11 is 0.903. The van der Waals surface area contributed by atoms with Crippen LogP contribution in [-0.2, 0) is 16.6 Å². The maximum absolute atomic E-state index is 12.3. The molecule has 0 radical (unpaired) electrons. The highest BCUT2D eigenvalue weighted by atomic mass is 32.2. The van der Waals surface area contributed by atoms with Crippen LogP contribution in [-0.4, -0.2) is 30.8 Å². The minimum absolute atomic E-state index is 0.0108. The molecule has 1 aromatic carbocycles. The standard InChI is InChI=1S/C13H13NO4S2/c1-14(8-10-5-3-2-4-6-10)20(17,18)11-7-12(13(15)16)19-9-11/h2-7,9H,8H2,1H3,(H,15,16). The molecule has 0 bridgehead atoms. The van der Waals surface area contributed by atoms with Gasteiger partial charge in [0.25, 0.3) is 0 Å². The van der Waals surface area contributed by atoms with Crippen LogP contribution >= 0.6 is 11.3 Å². The quantitative estimate of drug-likeness (QED) is 0.919. The van der Waals surface area contributed by atoms with Crippen LogP contribution < -0.4 is 0 Å². The molecule has 0 amide bonds. The summed E-state index contributed by atoms with van der Waals surface area (Å²) in [5.74, 6) is -1.12. The Balaban J connectivity index is 2.23. The molecule has 0 spiro atoms. The van der Waals surface area contributed by atoms with E-state index in [0.29, 0.717) is 0 Å². The van der Waals surface area contributed by atoms with Crippen molar-refractivity contribution in [2.45, 2.75) is 11.4 Å². The van der Waals surface area contributed by atoms with Crippen molar-refractivity contribution >= 4 is 27.3 Å². The molecule has 2 rings (SSSR count). The lowest BCUT2D eigenvalue weighted by molar-refractivity contribution is 0.0702. The maximum atomic E-state index is 12.3. The molecule has 0 aliphatic heterocycles. The minimum atomic E-state index is -3.67. The first kappa shape index (κ1) is 14.7. The van der Waals surface area contributed by atoms with Crippen LogP contribution in [0.3, 0.4) is 0 Å². The number of carboxylic acid groups (broad SMARTS) is 1. The first-order valence-corrected chi connectivity index (χ1v) is 8.05. The average Bonchev–Trinajstić information content (AvgIpc) is 2.90. The number of nitrogens with zero attached hydrogens (tertiary/aromatic N) is 1. The first-order chi connectivity index (χ1) is 9.41. The van der Waals surface area contributed by atoms with Crippen molar-refractivity contribution < 1.29 is 18.3 Å². The second-order valence-electron chi connectivity index (χ2n) is 4.20. The lowest BCUT2D eigenvalue weighted by Crippen LogP contribution is -2.26. The third-order valence-corrected chi connectivity index (χ3v) is 5.59. The van der Waals surface area contributed by atoms with Crippen LogP contribution in [0.2, 0.25) is 0 Å². The summed E-state index contributed by atoms with van der Waals surface area (Å²) < 4.78 is 25.8. The Hall–Kier alpha value is -1.70. The highest BCUT2D eigenvalue weighted by molar-refractivity contribution is 7.89. The Morgan fingerprint density at radius 3 is 2.50 bits per heavy atom. The van der Waals surface area contributed by atoms with Crippen LogP contribution in [0.25, 0.3) is 0 Å². The van der Waals surface area contributed by atoms with Crippen molar-refractivity contribution in [1.29, 1.82) is 0 Å². The third-order valence-electron chi connectivity index (χ3n) is 2.74. The first-order valence-electron chi connectivity index (χ1n) is 5.73. The second-order valence-corrected chi connectivity index (χ2v) is 7.15. The largest absolute Gasteiger partial charge is 0.477 e. The average molecular weight is 311 g/mol. The van der Waals surface area contributed by atoms with Crippen molar-refractivity contribution in [3.05, 3.63) is 52.2 Å². The fraction of sp³-hybridized carbons (Fsp3) is 0.154. The molecule has 0 aliphatic rings. The number of rotatable bonds is 5. The molecule has 0 atom stereocenters. The molecule has 5 nitrogen and oxygen atoms in total. The van der Waals surface area contributed by atoms with Gasteiger partial charge >= 0.3 is 5.97 Å². The van der Waals surface area contributed by atoms with Crippen molar-refractivity contribution in [3.8, 4) is 0 Å². The van der Waals surface area contributed by atoms with Crippen LogP contribution in [0.4, 0.5) is 0 Å². The van der Waals surface area contributed by atoms with E-state index in [1.54, 1.807) is 0 Å². The fourth-order valence-electron chi connectivity index (χ4n) is 1.67. The van der Waals surface area contributed by atoms with E-state index in [1.165, 1.54) is 22.8 Å². The molecule has 1 heterocycles. The lowest BCUT2D eigenvalue weighted by Gasteiger charge is -2.16. The number of carboxylic acids is 1. The molecule has 2 aromatic rings. The van der Waals surface area contributed by atoms with Gasteiger partial charge in [-0.05, 0) is 11.6 Å². The topological polar surface area (TPSA) is 74.7 Å². The molecular weight excluding hydrogens is 298 g/mol. The molecule has 106 valence electrons. The SMILES string of the molecule is CN(Cc1ccccc1)S(=O)(=O)c1csc(C(=O)O)c1. The van der Waals surface area contributed by atoms with Crippen LogP contribution in [0.5, 0.6) is 0 Å². The van der Waals surface area contributed by atoms with Crippen molar-refractivity contribution in [2.75, 3.05) is 7.05 Å². The molecule has 0 fully saturated rings. The van der Waals surface area contributed by atoms with Crippen molar-refractivity contribution in [1.82, 2.24) is 4.31 Å². The van der Waals surface area contributed by atoms with Gasteiger partial charge in [0.15, 0.2) is 0 Å². The zero-order chi connectivity index (χ0) is 14.8. The molecule has 0 saturated carbocycles. The zero-order valence-electron chi connectivity index (χ0n) is 10.7. The fourth-order valence-corrected chi connectivity index (χ4v) is 3.93. The Bertz CT molecular complexity index is 707. The summed E-state index contributed by atoms with van der Waals surface area (Å²) in [5.41, 5.74) is 0.868. The number of thiophene rings is 1. The van der Waals surface area contributed by atoms with Gasteiger partial charge < -0.3 is 5.11 Å². The molecule has 0 saturated heterocycles. The summed E-state index contributed by atoms with van der Waals surface area (Å²) in [4.78, 5) is 10.8. The normalized spacial score (nSPS) is 11.7. The van der Waals surface area contributed by atoms with Gasteiger partial charge in [0.05, 0.1) is 4.90 Å². The van der Waals surface area contributed by atoms with E-state index in [9.17, 15) is 13.2 Å². The van der Waals surface area contributed by atoms with Gasteiger partial charge in [0, 0.05) is 19.0 Å². The summed E-state index contributed by atoms with van der Waals surface area (Å²) in [6.45, 7) is 0.238. The van der Waals surface area contributed by atoms with Crippen molar-refractivity contribution in [3.63, 3.8) is 0 Å². The Morgan fingerprint density at radius 2 is 1.95 bits per heavy atom. The maximum Gasteiger partial charge on any atom is 0.345 e. The third kappa shape index (κ3) is 3.06. The predicted octanol–water partition coefficient (Wildman–Crippen LogP) is 2.27. The highest BCUT2D eigenvalue weighted by Gasteiger charge is 2.23. The lowest BCUT2D eigenvalue weighted by atomic mass is 10.2. The molecule has 1 aromatic heterocycles. The van der Waals surface area contributed by atoms with Gasteiger partial charge in [-0.1, -0.05) is 30.3 Å². The molecule has 20 heavy (non-hydrogen) atoms. The Morgan fingerprint density at radius 1 is 1.30 bits per heavy atom. The van der Waals surface area contributed by atoms with Crippen LogP contribution in [0, 0.1) is 0 Å². The number of benzene rings is 1. The number of carbonyl (C=O) groups is 1. The van der Waals surface area contributed by atoms with E-state index in [0.717, 1.165) is 16.9 Å². The van der Waals surface area contributed by atoms with Crippen LogP contribution in [0.1, 0.15) is 15.2 Å². The molecular formula is C13H13NO4S2. The van der Waals surface area contributed by atoms with E-state index in [4.69, 9.17) is 5.11 Å². The molecule has 7 heteroatoms. The van der Waals surface area contributed by atoms with E-state index in [1.807, 2.05) is 30.3 Å².